The molecular weight excluding hydrogens is 787 g/mol. The lowest BCUT2D eigenvalue weighted by Crippen LogP contribution is -2.23. The number of fused-ring (bicyclic) bond motifs is 2. The highest BCUT2D eigenvalue weighted by molar-refractivity contribution is 6.76. The van der Waals surface area contributed by atoms with E-state index < -0.39 is 26.1 Å². The molecule has 0 amide bonds. The van der Waals surface area contributed by atoms with Gasteiger partial charge in [0.05, 0.1) is 18.9 Å². The van der Waals surface area contributed by atoms with Crippen LogP contribution in [0.25, 0.3) is 0 Å². The summed E-state index contributed by atoms with van der Waals surface area (Å²) in [5.74, 6) is 4.14. The largest absolute Gasteiger partial charge is 0.461 e. The average molecular weight is 840 g/mol. The highest BCUT2D eigenvalue weighted by Gasteiger charge is 2.46. The number of nitrogens with one attached hydrogen (secondary N) is 1. The normalized spacial score (nSPS) is 21.1. The zero-order valence-electron chi connectivity index (χ0n) is 33.2. The standard InChI is InChI=1S/C23H33ClN4O4Si.C17H19ClN4O2/c1-5-32-23(30)19-11-18(26-28(19)14-31-8-9-33(2,3)4)21(29)17-6-7-20(25-22(17)24)27-12-15-10-16(15)13-27;1-2-24-17(23)14-7-13(20-21-14)6-10-3-4-15(19-16(10)18)22-8-11-5-12(11)9-22/h6-7,11,15-16,21,29H,5,8-10,12-14H2,1-4H3;3-4,7,11-12H,2,5-6,8-9H2,1H3,(H,20,21). The number of pyridine rings is 2. The Morgan fingerprint density at radius 1 is 0.877 bits per heavy atom. The predicted molar refractivity (Wildman–Crippen MR) is 220 cm³/mol. The molecule has 4 aromatic heterocycles. The fourth-order valence-electron chi connectivity index (χ4n) is 7.44. The minimum Gasteiger partial charge on any atom is -0.461 e. The molecule has 2 aliphatic heterocycles. The number of ether oxygens (including phenoxy) is 3. The molecule has 0 spiro atoms. The molecule has 2 saturated carbocycles. The maximum Gasteiger partial charge on any atom is 0.358 e. The number of nitrogens with zero attached hydrogens (tertiary/aromatic N) is 7. The van der Waals surface area contributed by atoms with E-state index in [1.54, 1.807) is 26.0 Å². The molecule has 6 heterocycles. The summed E-state index contributed by atoms with van der Waals surface area (Å²) in [7, 11) is -1.23. The number of rotatable bonds is 15. The second kappa shape index (κ2) is 17.5. The van der Waals surface area contributed by atoms with Crippen LogP contribution in [0.2, 0.25) is 36.0 Å². The average Bonchev–Trinajstić information content (AvgIpc) is 3.71. The Morgan fingerprint density at radius 3 is 2.05 bits per heavy atom. The topological polar surface area (TPSA) is 161 Å². The molecule has 0 bridgehead atoms. The fourth-order valence-corrected chi connectivity index (χ4v) is 8.67. The summed E-state index contributed by atoms with van der Waals surface area (Å²) >= 11 is 12.8. The SMILES string of the molecule is CCOC(=O)c1cc(C(O)c2ccc(N3CC4CC4C3)nc2Cl)nn1COCC[Si](C)(C)C.CCOC(=O)c1cc(Cc2ccc(N3CC4CC4C3)nc2Cl)[nH]n1. The Balaban J connectivity index is 0.000000183. The van der Waals surface area contributed by atoms with Gasteiger partial charge in [-0.15, -0.1) is 0 Å². The number of aromatic nitrogens is 6. The van der Waals surface area contributed by atoms with Gasteiger partial charge in [0.1, 0.15) is 40.5 Å². The van der Waals surface area contributed by atoms with Crippen LogP contribution in [0.15, 0.2) is 36.4 Å². The van der Waals surface area contributed by atoms with Crippen LogP contribution >= 0.6 is 23.2 Å². The maximum atomic E-state index is 12.5. The molecule has 8 rings (SSSR count). The van der Waals surface area contributed by atoms with Gasteiger partial charge in [-0.05, 0) is 92.3 Å². The van der Waals surface area contributed by atoms with Crippen LogP contribution in [0.1, 0.15) is 76.3 Å². The van der Waals surface area contributed by atoms with Crippen molar-refractivity contribution in [1.29, 1.82) is 0 Å². The Morgan fingerprint density at radius 2 is 1.47 bits per heavy atom. The molecule has 2 N–H and O–H groups in total. The molecule has 2 aliphatic carbocycles. The van der Waals surface area contributed by atoms with Gasteiger partial charge in [-0.3, -0.25) is 5.10 Å². The van der Waals surface area contributed by atoms with E-state index in [0.717, 1.165) is 78.8 Å². The number of hydrogen-bond donors (Lipinski definition) is 2. The van der Waals surface area contributed by atoms with Gasteiger partial charge in [0, 0.05) is 58.5 Å². The van der Waals surface area contributed by atoms with Crippen molar-refractivity contribution in [2.45, 2.75) is 71.6 Å². The lowest BCUT2D eigenvalue weighted by atomic mass is 10.1. The Labute approximate surface area is 344 Å². The molecular formula is C40H52Cl2N8O6Si. The van der Waals surface area contributed by atoms with E-state index in [-0.39, 0.29) is 29.9 Å². The van der Waals surface area contributed by atoms with E-state index in [1.807, 2.05) is 18.2 Å². The quantitative estimate of drug-likeness (QED) is 0.0570. The Kier molecular flexibility index (Phi) is 12.6. The van der Waals surface area contributed by atoms with E-state index in [4.69, 9.17) is 37.4 Å². The van der Waals surface area contributed by atoms with Gasteiger partial charge in [0.15, 0.2) is 5.69 Å². The summed E-state index contributed by atoms with van der Waals surface area (Å²) in [5, 5.41) is 23.0. The fraction of sp³-hybridized carbons (Fsp3) is 0.550. The van der Waals surface area contributed by atoms with Crippen molar-refractivity contribution in [3.63, 3.8) is 0 Å². The van der Waals surface area contributed by atoms with Crippen LogP contribution < -0.4 is 9.80 Å². The highest BCUT2D eigenvalue weighted by Crippen LogP contribution is 2.47. The number of anilines is 2. The Bertz CT molecular complexity index is 2050. The van der Waals surface area contributed by atoms with Crippen molar-refractivity contribution in [3.8, 4) is 0 Å². The van der Waals surface area contributed by atoms with E-state index in [0.29, 0.717) is 36.0 Å². The van der Waals surface area contributed by atoms with Crippen molar-refractivity contribution in [1.82, 2.24) is 29.9 Å². The lowest BCUT2D eigenvalue weighted by Gasteiger charge is -2.20. The van der Waals surface area contributed by atoms with Crippen molar-refractivity contribution in [3.05, 3.63) is 80.6 Å². The first kappa shape index (κ1) is 41.1. The molecule has 306 valence electrons. The highest BCUT2D eigenvalue weighted by atomic mass is 35.5. The van der Waals surface area contributed by atoms with Gasteiger partial charge in [-0.1, -0.05) is 48.9 Å². The molecule has 4 aromatic rings. The smallest absolute Gasteiger partial charge is 0.358 e. The zero-order valence-corrected chi connectivity index (χ0v) is 35.7. The first-order valence-electron chi connectivity index (χ1n) is 19.8. The van der Waals surface area contributed by atoms with Crippen molar-refractivity contribution >= 4 is 54.9 Å². The predicted octanol–water partition coefficient (Wildman–Crippen LogP) is 6.64. The first-order chi connectivity index (χ1) is 27.3. The van der Waals surface area contributed by atoms with E-state index in [2.05, 4.69) is 54.7 Å². The Hall–Kier alpha value is -4.02. The molecule has 5 atom stereocenters. The molecule has 4 aliphatic rings. The molecule has 14 nitrogen and oxygen atoms in total. The van der Waals surface area contributed by atoms with Crippen molar-refractivity contribution in [2.24, 2.45) is 23.7 Å². The number of aliphatic hydroxyl groups is 1. The monoisotopic (exact) mass is 838 g/mol. The third-order valence-electron chi connectivity index (χ3n) is 10.9. The van der Waals surface area contributed by atoms with E-state index >= 15 is 0 Å². The molecule has 0 aromatic carbocycles. The van der Waals surface area contributed by atoms with E-state index in [9.17, 15) is 14.7 Å². The number of piperidine rings is 2. The summed E-state index contributed by atoms with van der Waals surface area (Å²) in [5.41, 5.74) is 2.97. The molecule has 17 heteroatoms. The lowest BCUT2D eigenvalue weighted by molar-refractivity contribution is 0.0453. The van der Waals surface area contributed by atoms with Gasteiger partial charge in [0.25, 0.3) is 0 Å². The van der Waals surface area contributed by atoms with Gasteiger partial charge in [0.2, 0.25) is 0 Å². The second-order valence-electron chi connectivity index (χ2n) is 16.6. The minimum absolute atomic E-state index is 0.105. The summed E-state index contributed by atoms with van der Waals surface area (Å²) in [6.45, 7) is 15.8. The molecule has 5 unspecified atom stereocenters. The number of esters is 2. The van der Waals surface area contributed by atoms with Gasteiger partial charge in [-0.2, -0.15) is 10.2 Å². The van der Waals surface area contributed by atoms with Crippen LogP contribution in [0.3, 0.4) is 0 Å². The van der Waals surface area contributed by atoms with Crippen molar-refractivity contribution in [2.75, 3.05) is 55.8 Å². The summed E-state index contributed by atoms with van der Waals surface area (Å²) in [6, 6.07) is 11.9. The third-order valence-corrected chi connectivity index (χ3v) is 13.3. The van der Waals surface area contributed by atoms with Gasteiger partial charge >= 0.3 is 11.9 Å². The minimum atomic E-state index is -1.23. The van der Waals surface area contributed by atoms with Crippen LogP contribution in [0, 0.1) is 23.7 Å². The number of H-pyrrole nitrogens is 1. The number of aromatic amines is 1. The number of aliphatic hydroxyl groups excluding tert-OH is 1. The number of carbonyl (C=O) groups is 2. The molecule has 2 saturated heterocycles. The van der Waals surface area contributed by atoms with Gasteiger partial charge < -0.3 is 29.1 Å². The van der Waals surface area contributed by atoms with Crippen LogP contribution in [0.5, 0.6) is 0 Å². The molecule has 4 fully saturated rings. The third kappa shape index (κ3) is 10.2. The second-order valence-corrected chi connectivity index (χ2v) is 22.9. The zero-order chi connectivity index (χ0) is 40.4. The van der Waals surface area contributed by atoms with Crippen LogP contribution in [0.4, 0.5) is 11.6 Å². The number of hydrogen-bond acceptors (Lipinski definition) is 12. The van der Waals surface area contributed by atoms with Crippen LogP contribution in [-0.4, -0.2) is 101 Å². The van der Waals surface area contributed by atoms with E-state index in [1.165, 1.54) is 23.6 Å². The first-order valence-corrected chi connectivity index (χ1v) is 24.3. The van der Waals surface area contributed by atoms with Crippen molar-refractivity contribution < 1.29 is 28.9 Å². The molecule has 57 heavy (non-hydrogen) atoms. The number of halogens is 2. The molecule has 0 radical (unpaired) electrons. The van der Waals surface area contributed by atoms with Gasteiger partial charge in [-0.25, -0.2) is 24.2 Å². The summed E-state index contributed by atoms with van der Waals surface area (Å²) in [4.78, 5) is 37.7. The summed E-state index contributed by atoms with van der Waals surface area (Å²) in [6.07, 6.45) is 2.10. The summed E-state index contributed by atoms with van der Waals surface area (Å²) < 4.78 is 17.3. The van der Waals surface area contributed by atoms with Crippen LogP contribution in [-0.2, 0) is 27.4 Å². The number of carbonyl (C=O) groups excluding carboxylic acids is 2. The maximum absolute atomic E-state index is 12.5.